The number of nitrogens with one attached hydrogen (secondary N) is 2. The summed E-state index contributed by atoms with van der Waals surface area (Å²) in [5, 5.41) is 6.04. The number of nitrogens with zero attached hydrogens (tertiary/aromatic N) is 5. The summed E-state index contributed by atoms with van der Waals surface area (Å²) in [6.07, 6.45) is 6.31. The second-order valence-corrected chi connectivity index (χ2v) is 8.22. The summed E-state index contributed by atoms with van der Waals surface area (Å²) in [4.78, 5) is 30.4. The minimum atomic E-state index is -0.341. The van der Waals surface area contributed by atoms with Gasteiger partial charge in [0.1, 0.15) is 6.61 Å². The predicted octanol–water partition coefficient (Wildman–Crippen LogP) is 4.00. The molecular formula is C24H25N7O3. The Balaban J connectivity index is 1.43. The number of fused-ring (bicyclic) bond motifs is 1. The average molecular weight is 460 g/mol. The van der Waals surface area contributed by atoms with Crippen molar-refractivity contribution in [1.82, 2.24) is 19.4 Å². The van der Waals surface area contributed by atoms with Gasteiger partial charge in [0, 0.05) is 30.6 Å². The molecule has 10 nitrogen and oxygen atoms in total. The third-order valence-corrected chi connectivity index (χ3v) is 5.49. The molecule has 4 aromatic rings. The quantitative estimate of drug-likeness (QED) is 0.463. The van der Waals surface area contributed by atoms with E-state index < -0.39 is 0 Å². The molecule has 1 amide bonds. The number of rotatable bonds is 5. The number of ether oxygens (including phenoxy) is 1. The lowest BCUT2D eigenvalue weighted by Gasteiger charge is -2.09. The highest BCUT2D eigenvalue weighted by molar-refractivity contribution is 6.03. The molecule has 1 unspecified atom stereocenters. The van der Waals surface area contributed by atoms with Gasteiger partial charge in [0.05, 0.1) is 29.3 Å². The third kappa shape index (κ3) is 4.21. The molecule has 1 aromatic carbocycles. The standard InChI is InChI=1S/C24H25N7O3/c1-5-16-6-7-17(28-22(32)21-14(3)27-15(4)34-21)8-19(16)20-11-31-10-18(9-25-23(31)30-20)29-24-26-13(2)12-33-24/h6-11,13H,5,12H2,1-4H3,(H,26,29)(H,28,32). The van der Waals surface area contributed by atoms with Crippen molar-refractivity contribution in [2.24, 2.45) is 4.99 Å². The minimum absolute atomic E-state index is 0.135. The average Bonchev–Trinajstić information content (AvgIpc) is 3.51. The topological polar surface area (TPSA) is 119 Å². The predicted molar refractivity (Wildman–Crippen MR) is 128 cm³/mol. The molecule has 4 heterocycles. The number of anilines is 2. The second kappa shape index (κ2) is 8.62. The first-order chi connectivity index (χ1) is 16.4. The fourth-order valence-corrected chi connectivity index (χ4v) is 3.88. The zero-order valence-electron chi connectivity index (χ0n) is 19.4. The van der Waals surface area contributed by atoms with Gasteiger partial charge in [-0.15, -0.1) is 0 Å². The van der Waals surface area contributed by atoms with E-state index in [2.05, 4.69) is 32.5 Å². The molecule has 10 heteroatoms. The Morgan fingerprint density at radius 1 is 1.21 bits per heavy atom. The number of oxazole rings is 1. The summed E-state index contributed by atoms with van der Waals surface area (Å²) in [5.74, 6) is 0.886. The molecule has 1 aliphatic rings. The lowest BCUT2D eigenvalue weighted by Crippen LogP contribution is -2.12. The first-order valence-corrected chi connectivity index (χ1v) is 11.1. The van der Waals surface area contributed by atoms with E-state index in [1.54, 1.807) is 20.0 Å². The van der Waals surface area contributed by atoms with Gasteiger partial charge in [-0.05, 0) is 38.0 Å². The fraction of sp³-hybridized carbons (Fsp3) is 0.292. The molecule has 0 radical (unpaired) electrons. The Morgan fingerprint density at radius 2 is 2.06 bits per heavy atom. The van der Waals surface area contributed by atoms with Gasteiger partial charge in [-0.2, -0.15) is 0 Å². The van der Waals surface area contributed by atoms with Crippen molar-refractivity contribution in [3.63, 3.8) is 0 Å². The van der Waals surface area contributed by atoms with E-state index in [0.717, 1.165) is 28.9 Å². The molecular weight excluding hydrogens is 434 g/mol. The summed E-state index contributed by atoms with van der Waals surface area (Å²) in [7, 11) is 0. The van der Waals surface area contributed by atoms with Gasteiger partial charge in [0.2, 0.25) is 11.5 Å². The van der Waals surface area contributed by atoms with Crippen LogP contribution in [0.1, 0.15) is 41.6 Å². The molecule has 1 atom stereocenters. The number of hydrogen-bond donors (Lipinski definition) is 2. The molecule has 0 spiro atoms. The minimum Gasteiger partial charge on any atom is -0.463 e. The smallest absolute Gasteiger partial charge is 0.293 e. The van der Waals surface area contributed by atoms with Crippen LogP contribution in [0.5, 0.6) is 0 Å². The summed E-state index contributed by atoms with van der Waals surface area (Å²) in [6.45, 7) is 8.10. The van der Waals surface area contributed by atoms with Crippen molar-refractivity contribution in [2.45, 2.75) is 40.2 Å². The molecule has 3 aromatic heterocycles. The normalized spacial score (nSPS) is 15.3. The monoisotopic (exact) mass is 459 g/mol. The van der Waals surface area contributed by atoms with Crippen molar-refractivity contribution < 1.29 is 13.9 Å². The number of benzene rings is 1. The van der Waals surface area contributed by atoms with E-state index in [1.165, 1.54) is 0 Å². The molecule has 0 saturated heterocycles. The Bertz CT molecular complexity index is 1420. The SMILES string of the molecule is CCc1ccc(NC(=O)c2oc(C)nc2C)cc1-c1cn2cc(NC3=NC(C)CO3)cnc2n1. The molecule has 34 heavy (non-hydrogen) atoms. The Morgan fingerprint density at radius 3 is 2.76 bits per heavy atom. The van der Waals surface area contributed by atoms with E-state index >= 15 is 0 Å². The van der Waals surface area contributed by atoms with Crippen molar-refractivity contribution in [3.8, 4) is 11.3 Å². The molecule has 2 N–H and O–H groups in total. The molecule has 0 bridgehead atoms. The molecule has 0 saturated carbocycles. The van der Waals surface area contributed by atoms with Gasteiger partial charge in [0.25, 0.3) is 11.9 Å². The molecule has 174 valence electrons. The Kier molecular flexibility index (Phi) is 5.48. The summed E-state index contributed by atoms with van der Waals surface area (Å²) >= 11 is 0. The van der Waals surface area contributed by atoms with Crippen LogP contribution in [-0.4, -0.2) is 43.9 Å². The van der Waals surface area contributed by atoms with Gasteiger partial charge >= 0.3 is 0 Å². The summed E-state index contributed by atoms with van der Waals surface area (Å²) in [5.41, 5.74) is 4.73. The number of carbonyl (C=O) groups excluding carboxylic acids is 1. The molecule has 0 fully saturated rings. The van der Waals surface area contributed by atoms with Crippen LogP contribution in [0.2, 0.25) is 0 Å². The van der Waals surface area contributed by atoms with Gasteiger partial charge in [-0.3, -0.25) is 9.20 Å². The van der Waals surface area contributed by atoms with Crippen molar-refractivity contribution in [1.29, 1.82) is 0 Å². The number of aliphatic imine (C=N–C) groups is 1. The highest BCUT2D eigenvalue weighted by Gasteiger charge is 2.18. The first-order valence-electron chi connectivity index (χ1n) is 11.1. The van der Waals surface area contributed by atoms with Crippen LogP contribution in [0, 0.1) is 13.8 Å². The van der Waals surface area contributed by atoms with Crippen LogP contribution in [0.4, 0.5) is 11.4 Å². The largest absolute Gasteiger partial charge is 0.463 e. The van der Waals surface area contributed by atoms with Crippen molar-refractivity contribution in [3.05, 3.63) is 59.7 Å². The van der Waals surface area contributed by atoms with E-state index in [-0.39, 0.29) is 17.7 Å². The molecule has 5 rings (SSSR count). The van der Waals surface area contributed by atoms with E-state index in [9.17, 15) is 4.79 Å². The van der Waals surface area contributed by atoms with Gasteiger partial charge in [-0.1, -0.05) is 13.0 Å². The van der Waals surface area contributed by atoms with E-state index in [1.807, 2.05) is 41.9 Å². The maximum Gasteiger partial charge on any atom is 0.293 e. The number of hydrogen-bond acceptors (Lipinski definition) is 8. The number of amidine groups is 1. The van der Waals surface area contributed by atoms with Crippen LogP contribution >= 0.6 is 0 Å². The Labute approximate surface area is 196 Å². The lowest BCUT2D eigenvalue weighted by molar-refractivity contribution is 0.0994. The molecule has 0 aliphatic carbocycles. The van der Waals surface area contributed by atoms with E-state index in [0.29, 0.717) is 35.7 Å². The number of amides is 1. The maximum absolute atomic E-state index is 12.7. The van der Waals surface area contributed by atoms with Gasteiger partial charge in [-0.25, -0.2) is 19.9 Å². The highest BCUT2D eigenvalue weighted by Crippen LogP contribution is 2.28. The second-order valence-electron chi connectivity index (χ2n) is 8.22. The maximum atomic E-state index is 12.7. The number of aromatic nitrogens is 4. The lowest BCUT2D eigenvalue weighted by atomic mass is 10.0. The van der Waals surface area contributed by atoms with E-state index in [4.69, 9.17) is 14.1 Å². The number of carbonyl (C=O) groups is 1. The van der Waals surface area contributed by atoms with Crippen molar-refractivity contribution >= 4 is 29.1 Å². The van der Waals surface area contributed by atoms with Gasteiger partial charge < -0.3 is 19.8 Å². The summed E-state index contributed by atoms with van der Waals surface area (Å²) < 4.78 is 12.8. The van der Waals surface area contributed by atoms with Gasteiger partial charge in [0.15, 0.2) is 5.89 Å². The highest BCUT2D eigenvalue weighted by atomic mass is 16.5. The molecule has 1 aliphatic heterocycles. The van der Waals surface area contributed by atoms with Crippen LogP contribution < -0.4 is 10.6 Å². The van der Waals surface area contributed by atoms with Crippen LogP contribution in [0.3, 0.4) is 0 Å². The van der Waals surface area contributed by atoms with Crippen molar-refractivity contribution in [2.75, 3.05) is 17.2 Å². The van der Waals surface area contributed by atoms with Crippen LogP contribution in [0.15, 0.2) is 46.2 Å². The fourth-order valence-electron chi connectivity index (χ4n) is 3.88. The van der Waals surface area contributed by atoms with Crippen LogP contribution in [-0.2, 0) is 11.2 Å². The van der Waals surface area contributed by atoms with Crippen LogP contribution in [0.25, 0.3) is 17.0 Å². The summed E-state index contributed by atoms with van der Waals surface area (Å²) in [6, 6.07) is 6.40. The first kappa shape index (κ1) is 21.6. The number of imidazole rings is 1. The Hall–Kier alpha value is -4.21. The number of aryl methyl sites for hydroxylation is 3. The zero-order chi connectivity index (χ0) is 23.8. The zero-order valence-corrected chi connectivity index (χ0v) is 19.4. The third-order valence-electron chi connectivity index (χ3n) is 5.49.